The molecule has 0 bridgehead atoms. The predicted octanol–water partition coefficient (Wildman–Crippen LogP) is 5.85. The molecule has 0 aliphatic carbocycles. The number of furan rings is 1. The van der Waals surface area contributed by atoms with Crippen LogP contribution in [0.5, 0.6) is 0 Å². The number of hydrogen-bond donors (Lipinski definition) is 0. The van der Waals surface area contributed by atoms with Crippen molar-refractivity contribution in [3.63, 3.8) is 0 Å². The molecule has 0 aliphatic rings. The van der Waals surface area contributed by atoms with Gasteiger partial charge in [-0.3, -0.25) is 9.36 Å². The van der Waals surface area contributed by atoms with Gasteiger partial charge in [-0.25, -0.2) is 0 Å². The van der Waals surface area contributed by atoms with Crippen LogP contribution in [-0.4, -0.2) is 37.0 Å². The average Bonchev–Trinajstić information content (AvgIpc) is 3.45. The van der Waals surface area contributed by atoms with Crippen LogP contribution >= 0.6 is 11.8 Å². The summed E-state index contributed by atoms with van der Waals surface area (Å²) in [6, 6.07) is 13.1. The Morgan fingerprint density at radius 1 is 1.06 bits per heavy atom. The van der Waals surface area contributed by atoms with Crippen LogP contribution in [0.4, 0.5) is 13.2 Å². The third-order valence-corrected chi connectivity index (χ3v) is 6.51. The van der Waals surface area contributed by atoms with E-state index in [9.17, 15) is 18.0 Å². The number of ketones is 1. The molecular formula is C24H23F3N4O2S. The lowest BCUT2D eigenvalue weighted by Crippen LogP contribution is -2.19. The fraction of sp³-hybridized carbons (Fsp3) is 0.292. The number of aromatic nitrogens is 4. The normalized spacial score (nSPS) is 11.8. The van der Waals surface area contributed by atoms with Crippen molar-refractivity contribution in [2.45, 2.75) is 45.2 Å². The molecule has 10 heteroatoms. The number of Topliss-reactive ketones (excluding diaryl/α,β-unsaturated/α-hetero) is 1. The molecular weight excluding hydrogens is 465 g/mol. The second kappa shape index (κ2) is 9.54. The molecule has 178 valence electrons. The number of benzene rings is 1. The van der Waals surface area contributed by atoms with Crippen LogP contribution < -0.4 is 0 Å². The van der Waals surface area contributed by atoms with E-state index in [0.717, 1.165) is 15.7 Å². The third-order valence-electron chi connectivity index (χ3n) is 5.54. The molecule has 3 aromatic heterocycles. The summed E-state index contributed by atoms with van der Waals surface area (Å²) in [5.41, 5.74) is 2.83. The third kappa shape index (κ3) is 5.11. The molecule has 0 atom stereocenters. The second-order valence-electron chi connectivity index (χ2n) is 7.97. The fourth-order valence-corrected chi connectivity index (χ4v) is 4.66. The van der Waals surface area contributed by atoms with E-state index in [2.05, 4.69) is 10.2 Å². The molecule has 0 amide bonds. The van der Waals surface area contributed by atoms with E-state index < -0.39 is 12.7 Å². The largest absolute Gasteiger partial charge is 0.469 e. The summed E-state index contributed by atoms with van der Waals surface area (Å²) in [6.07, 6.45) is -2.78. The zero-order valence-corrected chi connectivity index (χ0v) is 19.7. The van der Waals surface area contributed by atoms with Crippen LogP contribution in [0.3, 0.4) is 0 Å². The maximum Gasteiger partial charge on any atom is 0.406 e. The molecule has 34 heavy (non-hydrogen) atoms. The van der Waals surface area contributed by atoms with Gasteiger partial charge in [0, 0.05) is 17.0 Å². The van der Waals surface area contributed by atoms with Crippen LogP contribution in [0, 0.1) is 20.8 Å². The lowest BCUT2D eigenvalue weighted by atomic mass is 10.2. The minimum Gasteiger partial charge on any atom is -0.469 e. The van der Waals surface area contributed by atoms with Crippen molar-refractivity contribution in [3.8, 4) is 11.4 Å². The first kappa shape index (κ1) is 23.9. The van der Waals surface area contributed by atoms with Gasteiger partial charge in [0.1, 0.15) is 12.3 Å². The van der Waals surface area contributed by atoms with Gasteiger partial charge in [0.15, 0.2) is 16.8 Å². The van der Waals surface area contributed by atoms with Crippen molar-refractivity contribution < 1.29 is 22.4 Å². The summed E-state index contributed by atoms with van der Waals surface area (Å²) in [4.78, 5) is 12.9. The molecule has 4 rings (SSSR count). The quantitative estimate of drug-likeness (QED) is 0.230. The Morgan fingerprint density at radius 3 is 2.44 bits per heavy atom. The lowest BCUT2D eigenvalue weighted by Gasteiger charge is -2.12. The van der Waals surface area contributed by atoms with E-state index in [4.69, 9.17) is 4.42 Å². The molecule has 0 aliphatic heterocycles. The second-order valence-corrected chi connectivity index (χ2v) is 8.91. The highest BCUT2D eigenvalue weighted by molar-refractivity contribution is 7.99. The van der Waals surface area contributed by atoms with Gasteiger partial charge < -0.3 is 8.98 Å². The van der Waals surface area contributed by atoms with Crippen molar-refractivity contribution in [1.29, 1.82) is 0 Å². The Bertz CT molecular complexity index is 1310. The number of hydrogen-bond acceptors (Lipinski definition) is 5. The summed E-state index contributed by atoms with van der Waals surface area (Å²) in [6.45, 7) is 4.31. The fourth-order valence-electron chi connectivity index (χ4n) is 3.83. The number of nitrogens with zero attached hydrogens (tertiary/aromatic N) is 4. The molecule has 0 N–H and O–H groups in total. The topological polar surface area (TPSA) is 65.8 Å². The Balaban J connectivity index is 1.59. The lowest BCUT2D eigenvalue weighted by molar-refractivity contribution is -0.141. The minimum atomic E-state index is -4.36. The van der Waals surface area contributed by atoms with Gasteiger partial charge in [-0.1, -0.05) is 42.1 Å². The highest BCUT2D eigenvalue weighted by Crippen LogP contribution is 2.29. The number of halogens is 3. The first-order valence-corrected chi connectivity index (χ1v) is 11.5. The zero-order valence-electron chi connectivity index (χ0n) is 18.9. The van der Waals surface area contributed by atoms with E-state index in [-0.39, 0.29) is 17.1 Å². The standard InChI is InChI=1S/C24H23F3N4O2S/c1-15-11-20(16(2)31(15)14-24(25,26)27)21(32)13-34-23-29-28-22(19-9-10-33-17(19)3)30(23)12-18-7-5-4-6-8-18/h4-11H,12-14H2,1-3H3. The first-order valence-electron chi connectivity index (χ1n) is 10.5. The zero-order chi connectivity index (χ0) is 24.5. The number of aryl methyl sites for hydroxylation is 2. The van der Waals surface area contributed by atoms with Gasteiger partial charge in [0.05, 0.1) is 24.1 Å². The molecule has 0 saturated carbocycles. The maximum atomic E-state index is 12.9. The van der Waals surface area contributed by atoms with Crippen LogP contribution in [0.25, 0.3) is 11.4 Å². The van der Waals surface area contributed by atoms with E-state index in [1.165, 1.54) is 24.8 Å². The van der Waals surface area contributed by atoms with Gasteiger partial charge >= 0.3 is 6.18 Å². The smallest absolute Gasteiger partial charge is 0.406 e. The SMILES string of the molecule is Cc1occc1-c1nnc(SCC(=O)c2cc(C)n(CC(F)(F)F)c2C)n1Cc1ccccc1. The summed E-state index contributed by atoms with van der Waals surface area (Å²) < 4.78 is 47.2. The highest BCUT2D eigenvalue weighted by atomic mass is 32.2. The number of carbonyl (C=O) groups excluding carboxylic acids is 1. The van der Waals surface area contributed by atoms with E-state index in [0.29, 0.717) is 34.7 Å². The Labute approximate surface area is 198 Å². The number of alkyl halides is 3. The van der Waals surface area contributed by atoms with Crippen LogP contribution in [-0.2, 0) is 13.1 Å². The van der Waals surface area contributed by atoms with Gasteiger partial charge in [0.2, 0.25) is 0 Å². The van der Waals surface area contributed by atoms with Gasteiger partial charge in [-0.2, -0.15) is 13.2 Å². The highest BCUT2D eigenvalue weighted by Gasteiger charge is 2.30. The van der Waals surface area contributed by atoms with Gasteiger partial charge in [-0.05, 0) is 38.5 Å². The Kier molecular flexibility index (Phi) is 6.70. The Hall–Kier alpha value is -3.27. The summed E-state index contributed by atoms with van der Waals surface area (Å²) in [5.74, 6) is 1.08. The molecule has 0 radical (unpaired) electrons. The van der Waals surface area contributed by atoms with Crippen LogP contribution in [0.2, 0.25) is 0 Å². The monoisotopic (exact) mass is 488 g/mol. The van der Waals surface area contributed by atoms with Crippen LogP contribution in [0.1, 0.15) is 33.1 Å². The first-order chi connectivity index (χ1) is 16.1. The van der Waals surface area contributed by atoms with Crippen molar-refractivity contribution in [2.24, 2.45) is 0 Å². The van der Waals surface area contributed by atoms with Crippen molar-refractivity contribution in [1.82, 2.24) is 19.3 Å². The molecule has 0 saturated heterocycles. The molecule has 1 aromatic carbocycles. The number of thioether (sulfide) groups is 1. The average molecular weight is 489 g/mol. The molecule has 4 aromatic rings. The van der Waals surface area contributed by atoms with Crippen molar-refractivity contribution >= 4 is 17.5 Å². The van der Waals surface area contributed by atoms with Crippen molar-refractivity contribution in [3.05, 3.63) is 77.0 Å². The number of rotatable bonds is 8. The van der Waals surface area contributed by atoms with Gasteiger partial charge in [0.25, 0.3) is 0 Å². The molecule has 6 nitrogen and oxygen atoms in total. The summed E-state index contributed by atoms with van der Waals surface area (Å²) in [5, 5.41) is 9.17. The molecule has 0 fully saturated rings. The van der Waals surface area contributed by atoms with Gasteiger partial charge in [-0.15, -0.1) is 10.2 Å². The Morgan fingerprint density at radius 2 is 1.79 bits per heavy atom. The number of carbonyl (C=O) groups is 1. The summed E-state index contributed by atoms with van der Waals surface area (Å²) >= 11 is 1.21. The van der Waals surface area contributed by atoms with E-state index in [1.807, 2.05) is 47.9 Å². The predicted molar refractivity (Wildman–Crippen MR) is 123 cm³/mol. The molecule has 0 spiro atoms. The maximum absolute atomic E-state index is 12.9. The summed E-state index contributed by atoms with van der Waals surface area (Å²) in [7, 11) is 0. The van der Waals surface area contributed by atoms with E-state index in [1.54, 1.807) is 13.2 Å². The molecule has 3 heterocycles. The van der Waals surface area contributed by atoms with Crippen molar-refractivity contribution in [2.75, 3.05) is 5.75 Å². The molecule has 0 unspecified atom stereocenters. The van der Waals surface area contributed by atoms with E-state index >= 15 is 0 Å². The minimum absolute atomic E-state index is 0.0214. The van der Waals surface area contributed by atoms with Crippen LogP contribution in [0.15, 0.2) is 58.3 Å².